The average molecular weight is 1430 g/mol. The molecule has 6 nitrogen and oxygen atoms in total. The number of benzene rings is 6. The second-order valence-electron chi connectivity index (χ2n) is 19.5. The van der Waals surface area contributed by atoms with Crippen LogP contribution in [0.15, 0.2) is 249 Å². The molecule has 78 heavy (non-hydrogen) atoms. The minimum absolute atomic E-state index is 0. The first-order valence-electron chi connectivity index (χ1n) is 24.9. The molecule has 1 N–H and O–H groups in total. The number of carbonyl (C=O) groups is 1. The Morgan fingerprint density at radius 3 is 1.13 bits per heavy atom. The van der Waals surface area contributed by atoms with Crippen LogP contribution in [0.5, 0.6) is 0 Å². The maximum absolute atomic E-state index is 10.0. The summed E-state index contributed by atoms with van der Waals surface area (Å²) in [5.74, 6) is -0.0625. The normalized spacial score (nSPS) is 10.4. The molecule has 4 aromatic heterocycles. The first-order valence-corrected chi connectivity index (χ1v) is 31.9. The van der Waals surface area contributed by atoms with Crippen molar-refractivity contribution in [1.82, 2.24) is 19.9 Å². The molecule has 6 aromatic carbocycles. The molecule has 11 heteroatoms. The third-order valence-electron chi connectivity index (χ3n) is 11.4. The van der Waals surface area contributed by atoms with Crippen LogP contribution >= 0.6 is 9.90 Å². The summed E-state index contributed by atoms with van der Waals surface area (Å²) in [6, 6.07) is 81.5. The van der Waals surface area contributed by atoms with E-state index >= 15 is 0 Å². The summed E-state index contributed by atoms with van der Waals surface area (Å²) < 4.78 is 0. The van der Waals surface area contributed by atoms with Gasteiger partial charge in [0.2, 0.25) is 0 Å². The Morgan fingerprint density at radius 1 is 0.410 bits per heavy atom. The fraction of sp³-hybridized carbons (Fsp3) is 0.119. The third kappa shape index (κ3) is 22.0. The zero-order valence-electron chi connectivity index (χ0n) is 45.4. The number of allylic oxidation sites excluding steroid dienone is 2. The fourth-order valence-electron chi connectivity index (χ4n) is 7.35. The number of rotatable bonds is 9. The zero-order chi connectivity index (χ0) is 53.5. The molecule has 0 amide bonds. The summed E-state index contributed by atoms with van der Waals surface area (Å²) in [5, 5.41) is 11.1. The first kappa shape index (κ1) is 65.6. The van der Waals surface area contributed by atoms with Crippen LogP contribution in [0, 0.1) is 18.2 Å². The molecule has 0 bridgehead atoms. The van der Waals surface area contributed by atoms with Crippen LogP contribution in [0.4, 0.5) is 0 Å². The molecule has 10 aromatic rings. The Bertz CT molecular complexity index is 3010. The van der Waals surface area contributed by atoms with Crippen LogP contribution in [0.2, 0.25) is 39.3 Å². The van der Waals surface area contributed by atoms with Gasteiger partial charge in [-0.1, -0.05) is 173 Å². The quantitative estimate of drug-likeness (QED) is 0.0509. The summed E-state index contributed by atoms with van der Waals surface area (Å²) >= 11 is 0. The van der Waals surface area contributed by atoms with Gasteiger partial charge in [0.1, 0.15) is 0 Å². The molecular weight excluding hydrogens is 1360 g/mol. The Labute approximate surface area is 496 Å². The zero-order valence-corrected chi connectivity index (χ0v) is 53.2. The van der Waals surface area contributed by atoms with E-state index in [0.29, 0.717) is 0 Å². The molecule has 0 saturated heterocycles. The molecule has 0 unspecified atom stereocenters. The number of hydrogen-bond acceptors (Lipinski definition) is 6. The van der Waals surface area contributed by atoms with E-state index in [9.17, 15) is 4.79 Å². The molecule has 0 fully saturated rings. The Morgan fingerprint density at radius 2 is 0.795 bits per heavy atom. The third-order valence-corrected chi connectivity index (χ3v) is 15.5. The molecule has 2 radical (unpaired) electrons. The van der Waals surface area contributed by atoms with Crippen molar-refractivity contribution in [2.45, 2.75) is 53.1 Å². The average Bonchev–Trinajstić information content (AvgIpc) is 3.45. The van der Waals surface area contributed by atoms with Gasteiger partial charge in [0.25, 0.3) is 0 Å². The molecule has 0 aliphatic carbocycles. The van der Waals surface area contributed by atoms with E-state index in [2.05, 4.69) is 187 Å². The fourth-order valence-corrected chi connectivity index (χ4v) is 9.42. The van der Waals surface area contributed by atoms with Crippen molar-refractivity contribution in [1.29, 1.82) is 0 Å². The predicted molar refractivity (Wildman–Crippen MR) is 327 cm³/mol. The van der Waals surface area contributed by atoms with Gasteiger partial charge in [-0.25, -0.2) is 0 Å². The van der Waals surface area contributed by atoms with Crippen LogP contribution in [-0.2, 0) is 45.0 Å². The summed E-state index contributed by atoms with van der Waals surface area (Å²) in [7, 11) is -2.59. The number of pyridine rings is 4. The van der Waals surface area contributed by atoms with E-state index in [4.69, 9.17) is 5.11 Å². The van der Waals surface area contributed by atoms with Crippen LogP contribution in [0.25, 0.3) is 67.3 Å². The van der Waals surface area contributed by atoms with E-state index in [1.807, 2.05) is 122 Å². The van der Waals surface area contributed by atoms with Crippen LogP contribution in [-0.4, -0.2) is 47.0 Å². The molecule has 10 rings (SSSR count). The van der Waals surface area contributed by atoms with Crippen molar-refractivity contribution >= 4 is 42.2 Å². The number of aromatic nitrogens is 4. The molecule has 0 saturated carbocycles. The second kappa shape index (κ2) is 33.6. The van der Waals surface area contributed by atoms with Gasteiger partial charge in [-0.3, -0.25) is 9.78 Å². The predicted octanol–water partition coefficient (Wildman–Crippen LogP) is 16.4. The first-order chi connectivity index (χ1) is 36.1. The molecule has 4 heterocycles. The Balaban J connectivity index is 0.000000267. The summed E-state index contributed by atoms with van der Waals surface area (Å²) in [5.41, 5.74) is 13.1. The van der Waals surface area contributed by atoms with E-state index in [0.717, 1.165) is 45.0 Å². The van der Waals surface area contributed by atoms with Crippen molar-refractivity contribution < 1.29 is 50.1 Å². The Kier molecular flexibility index (Phi) is 28.2. The van der Waals surface area contributed by atoms with Gasteiger partial charge in [-0.15, -0.1) is 107 Å². The molecule has 402 valence electrons. The maximum Gasteiger partial charge on any atom is 0.155 e. The van der Waals surface area contributed by atoms with E-state index < -0.39 is 16.1 Å². The van der Waals surface area contributed by atoms with Gasteiger partial charge in [-0.05, 0) is 70.6 Å². The van der Waals surface area contributed by atoms with Crippen LogP contribution < -0.4 is 10.4 Å². The van der Waals surface area contributed by atoms with Gasteiger partial charge in [-0.2, -0.15) is 0 Å². The van der Waals surface area contributed by atoms with Gasteiger partial charge in [0.15, 0.2) is 5.78 Å². The summed E-state index contributed by atoms with van der Waals surface area (Å²) in [6.45, 7) is 16.9. The number of carbonyl (C=O) groups excluding carboxylic acids is 1. The molecule has 0 aliphatic rings. The monoisotopic (exact) mass is 1430 g/mol. The molecule has 0 atom stereocenters. The van der Waals surface area contributed by atoms with Crippen molar-refractivity contribution in [2.75, 3.05) is 0 Å². The number of hydrogen-bond donors (Lipinski definition) is 1. The SMILES string of the molecule is CC(=O)C=C(C)O.C[Si](C)(C)c1ccc(-c2[c-]ccc(-c3ccccc3)c2)nc1.C[Si](C)(C)c1ccc(-c2[c-]ccc(-c3ccccc3)c2)nc1.[Ir].[Ir].[PH-2].[c-]1ccccc1-c1ccccn1.c1ccc(-c2ccccn2)cc1. The molecule has 0 aliphatic heterocycles. The largest absolute Gasteiger partial charge is 1.51 e. The van der Waals surface area contributed by atoms with Gasteiger partial charge >= 0.3 is 0 Å². The van der Waals surface area contributed by atoms with E-state index in [1.165, 1.54) is 52.6 Å². The molecule has 0 spiro atoms. The van der Waals surface area contributed by atoms with Crippen LogP contribution in [0.1, 0.15) is 13.8 Å². The minimum atomic E-state index is -1.29. The number of aliphatic hydroxyl groups excluding tert-OH is 1. The topological polar surface area (TPSA) is 88.9 Å². The number of ketones is 1. The Hall–Kier alpha value is -6.71. The summed E-state index contributed by atoms with van der Waals surface area (Å²) in [4.78, 5) is 27.8. The van der Waals surface area contributed by atoms with Crippen molar-refractivity contribution in [3.8, 4) is 67.3 Å². The van der Waals surface area contributed by atoms with Crippen molar-refractivity contribution in [3.05, 3.63) is 267 Å². The number of nitrogens with zero attached hydrogens (tertiary/aromatic N) is 4. The number of aliphatic hydroxyl groups is 1. The minimum Gasteiger partial charge on any atom is -1.51 e. The van der Waals surface area contributed by atoms with Crippen LogP contribution in [0.3, 0.4) is 0 Å². The van der Waals surface area contributed by atoms with Gasteiger partial charge in [0.05, 0.1) is 27.6 Å². The smallest absolute Gasteiger partial charge is 0.155 e. The van der Waals surface area contributed by atoms with Gasteiger partial charge in [0, 0.05) is 76.6 Å². The van der Waals surface area contributed by atoms with Gasteiger partial charge < -0.3 is 30.0 Å². The van der Waals surface area contributed by atoms with E-state index in [-0.39, 0.29) is 61.7 Å². The molecular formula is C67H66Ir2N4O2PSi2-5. The summed E-state index contributed by atoms with van der Waals surface area (Å²) in [6.07, 6.45) is 8.83. The maximum atomic E-state index is 10.0. The second-order valence-corrected chi connectivity index (χ2v) is 29.7. The van der Waals surface area contributed by atoms with Crippen molar-refractivity contribution in [3.63, 3.8) is 0 Å². The standard InChI is InChI=1S/2C20H20NSi.C11H9N.C11H8N.C5H8O2.2Ir.HP/c2*1-22(2,3)19-12-13-20(21-15-19)18-11-7-10-17(14-18)16-8-5-4-6-9-16;2*1-2-6-10(7-3-1)11-8-4-5-9-12-11;1-4(6)3-5(2)7;;;/h2*4-10,12-15H,1-3H3;1-9H;1-6,8-9H;3,6H,1-2H3;;;1H/q2*-1;;-1;;;;-2. The van der Waals surface area contributed by atoms with Crippen molar-refractivity contribution in [2.24, 2.45) is 0 Å². The van der Waals surface area contributed by atoms with E-state index in [1.54, 1.807) is 6.20 Å².